The van der Waals surface area contributed by atoms with Crippen molar-refractivity contribution in [3.05, 3.63) is 60.8 Å². The van der Waals surface area contributed by atoms with Crippen molar-refractivity contribution < 1.29 is 24.2 Å². The van der Waals surface area contributed by atoms with Gasteiger partial charge in [0, 0.05) is 12.8 Å². The maximum Gasteiger partial charge on any atom is 0.306 e. The molecule has 0 unspecified atom stereocenters. The number of allylic oxidation sites excluding steroid dienone is 10. The van der Waals surface area contributed by atoms with Crippen LogP contribution in [0.2, 0.25) is 0 Å². The molecule has 1 atom stereocenters. The van der Waals surface area contributed by atoms with E-state index in [-0.39, 0.29) is 25.2 Å². The monoisotopic (exact) mass is 558 g/mol. The average molecular weight is 559 g/mol. The van der Waals surface area contributed by atoms with Gasteiger partial charge in [0.25, 0.3) is 0 Å². The molecule has 0 aromatic carbocycles. The smallest absolute Gasteiger partial charge is 0.306 e. The van der Waals surface area contributed by atoms with Gasteiger partial charge in [-0.15, -0.1) is 0 Å². The van der Waals surface area contributed by atoms with Crippen LogP contribution in [0.25, 0.3) is 0 Å². The van der Waals surface area contributed by atoms with Gasteiger partial charge in [0.1, 0.15) is 6.61 Å². The van der Waals surface area contributed by atoms with E-state index in [0.29, 0.717) is 12.8 Å². The number of aliphatic hydroxyl groups excluding tert-OH is 1. The quantitative estimate of drug-likeness (QED) is 0.0618. The van der Waals surface area contributed by atoms with Crippen LogP contribution in [-0.2, 0) is 19.1 Å². The first-order chi connectivity index (χ1) is 19.6. The van der Waals surface area contributed by atoms with E-state index >= 15 is 0 Å². The molecule has 228 valence electrons. The van der Waals surface area contributed by atoms with Gasteiger partial charge in [-0.05, 0) is 70.6 Å². The van der Waals surface area contributed by atoms with Gasteiger partial charge in [-0.3, -0.25) is 9.59 Å². The van der Waals surface area contributed by atoms with E-state index in [1.165, 1.54) is 32.1 Å². The molecule has 40 heavy (non-hydrogen) atoms. The van der Waals surface area contributed by atoms with Gasteiger partial charge in [0.15, 0.2) is 6.10 Å². The highest BCUT2D eigenvalue weighted by Gasteiger charge is 2.16. The minimum Gasteiger partial charge on any atom is -0.462 e. The summed E-state index contributed by atoms with van der Waals surface area (Å²) in [5, 5.41) is 9.47. The number of esters is 2. The van der Waals surface area contributed by atoms with E-state index in [2.05, 4.69) is 74.6 Å². The molecular weight excluding hydrogens is 500 g/mol. The molecule has 1 N–H and O–H groups in total. The standard InChI is InChI=1S/C35H58O5/c1-3-5-7-9-11-13-15-16-17-18-20-21-23-25-27-29-34(37)39-32-33(31-36)40-35(38)30-28-26-24-22-19-14-12-10-8-6-4-2/h5,7,10-13,16-17,20-21,33,36H,3-4,6,8-9,14-15,18-19,22-32H2,1-2H3/b7-5-,12-10-,13-11-,17-16-,21-20-/t33-/m0/s1. The SMILES string of the molecule is CC/C=C\C/C=C\C/C=C\C/C=C\CCCCC(=O)OC[C@H](CO)OC(=O)CCCCCCC/C=C\CCCC. The van der Waals surface area contributed by atoms with E-state index in [1.807, 2.05) is 0 Å². The molecule has 0 aromatic rings. The maximum atomic E-state index is 12.0. The van der Waals surface area contributed by atoms with Crippen molar-refractivity contribution >= 4 is 11.9 Å². The van der Waals surface area contributed by atoms with Crippen LogP contribution >= 0.6 is 0 Å². The fourth-order valence-electron chi connectivity index (χ4n) is 3.88. The van der Waals surface area contributed by atoms with E-state index < -0.39 is 6.10 Å². The van der Waals surface area contributed by atoms with Crippen molar-refractivity contribution in [3.63, 3.8) is 0 Å². The second kappa shape index (κ2) is 31.1. The largest absolute Gasteiger partial charge is 0.462 e. The van der Waals surface area contributed by atoms with Gasteiger partial charge in [-0.25, -0.2) is 0 Å². The lowest BCUT2D eigenvalue weighted by molar-refractivity contribution is -0.161. The number of hydrogen-bond donors (Lipinski definition) is 1. The Kier molecular flexibility index (Phi) is 29.3. The molecule has 0 bridgehead atoms. The zero-order valence-electron chi connectivity index (χ0n) is 25.6. The lowest BCUT2D eigenvalue weighted by Crippen LogP contribution is -2.28. The Morgan fingerprint density at radius 3 is 1.70 bits per heavy atom. The molecule has 5 nitrogen and oxygen atoms in total. The number of ether oxygens (including phenoxy) is 2. The molecule has 0 rings (SSSR count). The third-order valence-corrected chi connectivity index (χ3v) is 6.30. The molecule has 0 aliphatic rings. The highest BCUT2D eigenvalue weighted by molar-refractivity contribution is 5.70. The summed E-state index contributed by atoms with van der Waals surface area (Å²) in [6.07, 6.45) is 38.4. The average Bonchev–Trinajstić information content (AvgIpc) is 2.96. The molecule has 0 aliphatic carbocycles. The van der Waals surface area contributed by atoms with E-state index in [1.54, 1.807) is 0 Å². The summed E-state index contributed by atoms with van der Waals surface area (Å²) >= 11 is 0. The highest BCUT2D eigenvalue weighted by atomic mass is 16.6. The van der Waals surface area contributed by atoms with Gasteiger partial charge in [-0.2, -0.15) is 0 Å². The van der Waals surface area contributed by atoms with Crippen LogP contribution in [0.1, 0.15) is 129 Å². The van der Waals surface area contributed by atoms with Gasteiger partial charge in [0.2, 0.25) is 0 Å². The van der Waals surface area contributed by atoms with Crippen LogP contribution in [0.5, 0.6) is 0 Å². The van der Waals surface area contributed by atoms with Crippen LogP contribution in [0.15, 0.2) is 60.8 Å². The third kappa shape index (κ3) is 28.6. The van der Waals surface area contributed by atoms with Gasteiger partial charge in [-0.1, -0.05) is 107 Å². The zero-order valence-corrected chi connectivity index (χ0v) is 25.6. The first-order valence-corrected chi connectivity index (χ1v) is 15.8. The minimum atomic E-state index is -0.791. The number of hydrogen-bond acceptors (Lipinski definition) is 5. The molecule has 0 fully saturated rings. The lowest BCUT2D eigenvalue weighted by Gasteiger charge is -2.15. The Bertz CT molecular complexity index is 732. The van der Waals surface area contributed by atoms with Crippen molar-refractivity contribution in [2.75, 3.05) is 13.2 Å². The van der Waals surface area contributed by atoms with Crippen molar-refractivity contribution in [3.8, 4) is 0 Å². The third-order valence-electron chi connectivity index (χ3n) is 6.30. The zero-order chi connectivity index (χ0) is 29.4. The summed E-state index contributed by atoms with van der Waals surface area (Å²) in [6.45, 7) is 3.90. The van der Waals surface area contributed by atoms with E-state index in [9.17, 15) is 14.7 Å². The van der Waals surface area contributed by atoms with E-state index in [0.717, 1.165) is 70.6 Å². The summed E-state index contributed by atoms with van der Waals surface area (Å²) in [6, 6.07) is 0. The second-order valence-corrected chi connectivity index (χ2v) is 10.1. The summed E-state index contributed by atoms with van der Waals surface area (Å²) in [5.74, 6) is -0.660. The van der Waals surface area contributed by atoms with Crippen molar-refractivity contribution in [2.24, 2.45) is 0 Å². The Labute approximate surface area is 245 Å². The Balaban J connectivity index is 3.72. The molecular formula is C35H58O5. The second-order valence-electron chi connectivity index (χ2n) is 10.1. The number of unbranched alkanes of at least 4 members (excludes halogenated alkanes) is 9. The van der Waals surface area contributed by atoms with Crippen LogP contribution in [0.4, 0.5) is 0 Å². The predicted octanol–water partition coefficient (Wildman–Crippen LogP) is 9.28. The predicted molar refractivity (Wildman–Crippen MR) is 168 cm³/mol. The van der Waals surface area contributed by atoms with E-state index in [4.69, 9.17) is 9.47 Å². The highest BCUT2D eigenvalue weighted by Crippen LogP contribution is 2.10. The van der Waals surface area contributed by atoms with Crippen molar-refractivity contribution in [2.45, 2.75) is 136 Å². The first kappa shape index (κ1) is 37.6. The summed E-state index contributed by atoms with van der Waals surface area (Å²) in [5.41, 5.74) is 0. The Morgan fingerprint density at radius 1 is 0.600 bits per heavy atom. The molecule has 0 spiro atoms. The maximum absolute atomic E-state index is 12.0. The summed E-state index contributed by atoms with van der Waals surface area (Å²) in [7, 11) is 0. The number of carbonyl (C=O) groups excluding carboxylic acids is 2. The van der Waals surface area contributed by atoms with Crippen molar-refractivity contribution in [1.29, 1.82) is 0 Å². The number of rotatable bonds is 27. The summed E-state index contributed by atoms with van der Waals surface area (Å²) in [4.78, 5) is 24.0. The number of aliphatic hydroxyl groups is 1. The molecule has 0 saturated heterocycles. The molecule has 0 heterocycles. The fraction of sp³-hybridized carbons (Fsp3) is 0.657. The molecule has 5 heteroatoms. The lowest BCUT2D eigenvalue weighted by atomic mass is 10.1. The Morgan fingerprint density at radius 2 is 1.07 bits per heavy atom. The fourth-order valence-corrected chi connectivity index (χ4v) is 3.88. The van der Waals surface area contributed by atoms with Crippen LogP contribution < -0.4 is 0 Å². The topological polar surface area (TPSA) is 72.8 Å². The Hall–Kier alpha value is -2.40. The number of carbonyl (C=O) groups is 2. The molecule has 0 aromatic heterocycles. The molecule has 0 amide bonds. The van der Waals surface area contributed by atoms with Gasteiger partial charge in [0.05, 0.1) is 6.61 Å². The van der Waals surface area contributed by atoms with Gasteiger partial charge >= 0.3 is 11.9 Å². The van der Waals surface area contributed by atoms with Gasteiger partial charge < -0.3 is 14.6 Å². The molecule has 0 aliphatic heterocycles. The minimum absolute atomic E-state index is 0.0935. The molecule has 0 saturated carbocycles. The van der Waals surface area contributed by atoms with Crippen LogP contribution in [0.3, 0.4) is 0 Å². The molecule has 0 radical (unpaired) electrons. The van der Waals surface area contributed by atoms with Crippen molar-refractivity contribution in [1.82, 2.24) is 0 Å². The first-order valence-electron chi connectivity index (χ1n) is 15.8. The van der Waals surface area contributed by atoms with Crippen LogP contribution in [-0.4, -0.2) is 36.4 Å². The summed E-state index contributed by atoms with van der Waals surface area (Å²) < 4.78 is 10.5. The normalized spacial score (nSPS) is 13.0. The van der Waals surface area contributed by atoms with Crippen LogP contribution in [0, 0.1) is 0 Å².